The van der Waals surface area contributed by atoms with Crippen LogP contribution in [0.4, 0.5) is 0 Å². The van der Waals surface area contributed by atoms with Crippen molar-refractivity contribution < 1.29 is 9.94 Å². The minimum absolute atomic E-state index is 0.0549. The number of amidine groups is 1. The number of ether oxygens (including phenoxy) is 1. The molecule has 1 atom stereocenters. The van der Waals surface area contributed by atoms with Gasteiger partial charge in [-0.3, -0.25) is 0 Å². The molecule has 0 aliphatic carbocycles. The van der Waals surface area contributed by atoms with E-state index >= 15 is 0 Å². The van der Waals surface area contributed by atoms with Gasteiger partial charge >= 0.3 is 0 Å². The van der Waals surface area contributed by atoms with Gasteiger partial charge in [-0.25, -0.2) is 0 Å². The van der Waals surface area contributed by atoms with Crippen molar-refractivity contribution >= 4 is 5.84 Å². The summed E-state index contributed by atoms with van der Waals surface area (Å²) in [7, 11) is 1.58. The fourth-order valence-electron chi connectivity index (χ4n) is 2.21. The van der Waals surface area contributed by atoms with Crippen LogP contribution in [0.5, 0.6) is 5.75 Å². The first-order valence-corrected chi connectivity index (χ1v) is 7.50. The highest BCUT2D eigenvalue weighted by atomic mass is 16.5. The summed E-state index contributed by atoms with van der Waals surface area (Å²) in [6.45, 7) is 5.20. The quantitative estimate of drug-likeness (QED) is 0.215. The van der Waals surface area contributed by atoms with Gasteiger partial charge in [0.2, 0.25) is 0 Å². The molecule has 1 aromatic carbocycles. The number of methoxy groups -OCH3 is 1. The molecule has 0 bridgehead atoms. The second-order valence-electron chi connectivity index (χ2n) is 5.30. The summed E-state index contributed by atoms with van der Waals surface area (Å²) in [5.41, 5.74) is 7.33. The molecule has 0 heterocycles. The molecular weight excluding hydrogens is 266 g/mol. The molecule has 0 saturated carbocycles. The smallest absolute Gasteiger partial charge is 0.173 e. The number of unbranched alkanes of at least 4 members (excludes halogenated alkanes) is 2. The van der Waals surface area contributed by atoms with E-state index in [0.29, 0.717) is 17.4 Å². The lowest BCUT2D eigenvalue weighted by atomic mass is 10.1. The molecule has 0 saturated heterocycles. The Morgan fingerprint density at radius 1 is 1.43 bits per heavy atom. The van der Waals surface area contributed by atoms with Crippen LogP contribution in [-0.4, -0.2) is 24.2 Å². The number of hydrogen-bond acceptors (Lipinski definition) is 4. The summed E-state index contributed by atoms with van der Waals surface area (Å²) in [5.74, 6) is 0.669. The molecule has 5 heteroatoms. The summed E-state index contributed by atoms with van der Waals surface area (Å²) in [4.78, 5) is 0. The van der Waals surface area contributed by atoms with E-state index in [1.165, 1.54) is 25.7 Å². The van der Waals surface area contributed by atoms with Crippen molar-refractivity contribution in [2.24, 2.45) is 10.9 Å². The molecule has 0 fully saturated rings. The second-order valence-corrected chi connectivity index (χ2v) is 5.30. The highest BCUT2D eigenvalue weighted by molar-refractivity contribution is 5.99. The SMILES string of the molecule is CCCCCC(C)NCc1ccc(/C(N)=N/O)c(OC)c1. The van der Waals surface area contributed by atoms with Gasteiger partial charge < -0.3 is 21.0 Å². The molecule has 0 radical (unpaired) electrons. The van der Waals surface area contributed by atoms with Crippen molar-refractivity contribution in [3.63, 3.8) is 0 Å². The number of benzene rings is 1. The number of nitrogens with one attached hydrogen (secondary N) is 1. The van der Waals surface area contributed by atoms with Gasteiger partial charge in [-0.2, -0.15) is 0 Å². The maximum atomic E-state index is 8.75. The van der Waals surface area contributed by atoms with Crippen molar-refractivity contribution in [2.45, 2.75) is 52.1 Å². The van der Waals surface area contributed by atoms with Gasteiger partial charge in [-0.05, 0) is 31.0 Å². The summed E-state index contributed by atoms with van der Waals surface area (Å²) in [5, 5.41) is 15.3. The number of rotatable bonds is 9. The fourth-order valence-corrected chi connectivity index (χ4v) is 2.21. The first kappa shape index (κ1) is 17.3. The maximum Gasteiger partial charge on any atom is 0.173 e. The highest BCUT2D eigenvalue weighted by Crippen LogP contribution is 2.20. The van der Waals surface area contributed by atoms with Gasteiger partial charge in [0.15, 0.2) is 5.84 Å². The standard InChI is InChI=1S/C16H27N3O2/c1-4-5-6-7-12(2)18-11-13-8-9-14(16(17)19-20)15(10-13)21-3/h8-10,12,18,20H,4-7,11H2,1-3H3,(H2,17,19). The summed E-state index contributed by atoms with van der Waals surface area (Å²) >= 11 is 0. The zero-order chi connectivity index (χ0) is 15.7. The van der Waals surface area contributed by atoms with E-state index in [1.807, 2.05) is 18.2 Å². The van der Waals surface area contributed by atoms with Gasteiger partial charge in [0.25, 0.3) is 0 Å². The average Bonchev–Trinajstić information content (AvgIpc) is 2.52. The summed E-state index contributed by atoms with van der Waals surface area (Å²) in [6, 6.07) is 6.18. The van der Waals surface area contributed by atoms with Crippen LogP contribution < -0.4 is 15.8 Å². The predicted molar refractivity (Wildman–Crippen MR) is 85.9 cm³/mol. The molecule has 0 spiro atoms. The third-order valence-corrected chi connectivity index (χ3v) is 3.54. The topological polar surface area (TPSA) is 79.9 Å². The van der Waals surface area contributed by atoms with Crippen LogP contribution in [0.25, 0.3) is 0 Å². The molecule has 21 heavy (non-hydrogen) atoms. The van der Waals surface area contributed by atoms with Crippen LogP contribution in [0.3, 0.4) is 0 Å². The normalized spacial score (nSPS) is 13.2. The highest BCUT2D eigenvalue weighted by Gasteiger charge is 2.09. The van der Waals surface area contributed by atoms with Gasteiger partial charge in [-0.15, -0.1) is 0 Å². The first-order valence-electron chi connectivity index (χ1n) is 7.50. The zero-order valence-electron chi connectivity index (χ0n) is 13.2. The minimum atomic E-state index is 0.0549. The Hall–Kier alpha value is -1.75. The van der Waals surface area contributed by atoms with Crippen molar-refractivity contribution in [3.8, 4) is 5.75 Å². The molecule has 0 amide bonds. The number of nitrogens with two attached hydrogens (primary N) is 1. The van der Waals surface area contributed by atoms with Crippen LogP contribution in [0, 0.1) is 0 Å². The van der Waals surface area contributed by atoms with E-state index in [9.17, 15) is 0 Å². The van der Waals surface area contributed by atoms with Crippen LogP contribution in [0.1, 0.15) is 50.7 Å². The van der Waals surface area contributed by atoms with E-state index in [0.717, 1.165) is 12.1 Å². The largest absolute Gasteiger partial charge is 0.496 e. The number of hydrogen-bond donors (Lipinski definition) is 3. The Labute approximate surface area is 127 Å². The molecule has 1 unspecified atom stereocenters. The summed E-state index contributed by atoms with van der Waals surface area (Å²) < 4.78 is 5.30. The first-order chi connectivity index (χ1) is 10.1. The van der Waals surface area contributed by atoms with Crippen molar-refractivity contribution in [3.05, 3.63) is 29.3 Å². The van der Waals surface area contributed by atoms with E-state index in [4.69, 9.17) is 15.7 Å². The second kappa shape index (κ2) is 9.23. The predicted octanol–water partition coefficient (Wildman–Crippen LogP) is 2.85. The molecule has 0 aromatic heterocycles. The Bertz CT molecular complexity index is 461. The number of oxime groups is 1. The zero-order valence-corrected chi connectivity index (χ0v) is 13.2. The van der Waals surface area contributed by atoms with E-state index < -0.39 is 0 Å². The van der Waals surface area contributed by atoms with Crippen molar-refractivity contribution in [1.29, 1.82) is 0 Å². The van der Waals surface area contributed by atoms with E-state index in [-0.39, 0.29) is 5.84 Å². The third kappa shape index (κ3) is 5.63. The van der Waals surface area contributed by atoms with Gasteiger partial charge in [0.05, 0.1) is 12.7 Å². The lowest BCUT2D eigenvalue weighted by molar-refractivity contribution is 0.318. The molecule has 118 valence electrons. The lowest BCUT2D eigenvalue weighted by Gasteiger charge is -2.15. The molecule has 0 aliphatic rings. The van der Waals surface area contributed by atoms with Crippen LogP contribution in [-0.2, 0) is 6.54 Å². The fraction of sp³-hybridized carbons (Fsp3) is 0.562. The number of nitrogens with zero attached hydrogens (tertiary/aromatic N) is 1. The molecule has 1 rings (SSSR count). The molecule has 4 N–H and O–H groups in total. The van der Waals surface area contributed by atoms with Crippen molar-refractivity contribution in [1.82, 2.24) is 5.32 Å². The monoisotopic (exact) mass is 293 g/mol. The lowest BCUT2D eigenvalue weighted by Crippen LogP contribution is -2.25. The Balaban J connectivity index is 2.60. The minimum Gasteiger partial charge on any atom is -0.496 e. The molecular formula is C16H27N3O2. The van der Waals surface area contributed by atoms with Crippen molar-refractivity contribution in [2.75, 3.05) is 7.11 Å². The Morgan fingerprint density at radius 2 is 2.19 bits per heavy atom. The Morgan fingerprint density at radius 3 is 2.81 bits per heavy atom. The van der Waals surface area contributed by atoms with Crippen LogP contribution in [0.2, 0.25) is 0 Å². The third-order valence-electron chi connectivity index (χ3n) is 3.54. The van der Waals surface area contributed by atoms with Crippen LogP contribution >= 0.6 is 0 Å². The maximum absolute atomic E-state index is 8.75. The van der Waals surface area contributed by atoms with Gasteiger partial charge in [-0.1, -0.05) is 37.4 Å². The van der Waals surface area contributed by atoms with Gasteiger partial charge in [0.1, 0.15) is 5.75 Å². The van der Waals surface area contributed by atoms with Gasteiger partial charge in [0, 0.05) is 12.6 Å². The Kier molecular flexibility index (Phi) is 7.61. The summed E-state index contributed by atoms with van der Waals surface area (Å²) in [6.07, 6.45) is 4.98. The van der Waals surface area contributed by atoms with Crippen LogP contribution in [0.15, 0.2) is 23.4 Å². The average molecular weight is 293 g/mol. The molecule has 5 nitrogen and oxygen atoms in total. The molecule has 0 aliphatic heterocycles. The van der Waals surface area contributed by atoms with E-state index in [2.05, 4.69) is 24.3 Å². The van der Waals surface area contributed by atoms with E-state index in [1.54, 1.807) is 7.11 Å². The molecule has 1 aromatic rings.